The number of nitrogens with zero attached hydrogens (tertiary/aromatic N) is 3. The molecule has 258 valence electrons. The van der Waals surface area contributed by atoms with Crippen LogP contribution in [0.4, 0.5) is 0 Å². The zero-order valence-electron chi connectivity index (χ0n) is 29.8. The molecule has 0 spiro atoms. The Bertz CT molecular complexity index is 2900. The predicted octanol–water partition coefficient (Wildman–Crippen LogP) is 13.9. The van der Waals surface area contributed by atoms with Gasteiger partial charge in [0, 0.05) is 36.9 Å². The molecule has 0 saturated carbocycles. The summed E-state index contributed by atoms with van der Waals surface area (Å²) in [4.78, 5) is 15.7. The lowest BCUT2D eigenvalue weighted by molar-refractivity contribution is 1.07. The van der Waals surface area contributed by atoms with Gasteiger partial charge in [-0.05, 0) is 68.8 Å². The molecule has 2 heterocycles. The van der Waals surface area contributed by atoms with E-state index in [2.05, 4.69) is 182 Å². The van der Waals surface area contributed by atoms with E-state index in [0.717, 1.165) is 55.6 Å². The van der Waals surface area contributed by atoms with Crippen molar-refractivity contribution in [3.63, 3.8) is 0 Å². The van der Waals surface area contributed by atoms with Crippen LogP contribution in [-0.2, 0) is 0 Å². The first-order chi connectivity index (χ1) is 27.2. The molecular formula is C51H33N3S. The first kappa shape index (κ1) is 32.6. The second-order valence-corrected chi connectivity index (χ2v) is 14.7. The molecular weight excluding hydrogens is 687 g/mol. The molecule has 0 aliphatic rings. The third-order valence-electron chi connectivity index (χ3n) is 10.2. The second kappa shape index (κ2) is 14.1. The second-order valence-electron chi connectivity index (χ2n) is 13.6. The van der Waals surface area contributed by atoms with E-state index < -0.39 is 0 Å². The normalized spacial score (nSPS) is 11.3. The molecule has 2 aromatic heterocycles. The molecule has 0 atom stereocenters. The SMILES string of the molecule is c1ccc(-c2cc(-c3ccccc3)cc(-c3nc(-c4ccc(-c5cccc6c5sc5ccccc56)cc4)nc(-c4ccccc4-c4ccccc4)n3)c2)cc1. The largest absolute Gasteiger partial charge is 0.208 e. The van der Waals surface area contributed by atoms with Crippen LogP contribution in [0.1, 0.15) is 0 Å². The monoisotopic (exact) mass is 719 g/mol. The fraction of sp³-hybridized carbons (Fsp3) is 0. The molecule has 0 unspecified atom stereocenters. The molecule has 10 rings (SSSR count). The summed E-state index contributed by atoms with van der Waals surface area (Å²) in [6.07, 6.45) is 0. The molecule has 0 radical (unpaired) electrons. The fourth-order valence-electron chi connectivity index (χ4n) is 7.43. The lowest BCUT2D eigenvalue weighted by atomic mass is 9.95. The van der Waals surface area contributed by atoms with Gasteiger partial charge in [0.05, 0.1) is 0 Å². The minimum absolute atomic E-state index is 0.622. The Hall–Kier alpha value is -7.01. The molecule has 0 N–H and O–H groups in total. The van der Waals surface area contributed by atoms with Gasteiger partial charge in [0.15, 0.2) is 17.5 Å². The maximum absolute atomic E-state index is 5.25. The number of thiophene rings is 1. The highest BCUT2D eigenvalue weighted by molar-refractivity contribution is 7.26. The lowest BCUT2D eigenvalue weighted by Gasteiger charge is -2.14. The summed E-state index contributed by atoms with van der Waals surface area (Å²) >= 11 is 1.85. The van der Waals surface area contributed by atoms with Crippen molar-refractivity contribution in [2.24, 2.45) is 0 Å². The molecule has 8 aromatic carbocycles. The molecule has 4 heteroatoms. The summed E-state index contributed by atoms with van der Waals surface area (Å²) in [6.45, 7) is 0. The van der Waals surface area contributed by atoms with Gasteiger partial charge in [-0.25, -0.2) is 15.0 Å². The van der Waals surface area contributed by atoms with Crippen molar-refractivity contribution >= 4 is 31.5 Å². The van der Waals surface area contributed by atoms with Crippen LogP contribution in [0, 0.1) is 0 Å². The molecule has 0 bridgehead atoms. The Kier molecular flexibility index (Phi) is 8.36. The highest BCUT2D eigenvalue weighted by atomic mass is 32.1. The van der Waals surface area contributed by atoms with E-state index in [9.17, 15) is 0 Å². The van der Waals surface area contributed by atoms with E-state index in [1.807, 2.05) is 29.5 Å². The molecule has 0 aliphatic heterocycles. The van der Waals surface area contributed by atoms with Crippen LogP contribution in [0.25, 0.3) is 98.8 Å². The van der Waals surface area contributed by atoms with E-state index >= 15 is 0 Å². The lowest BCUT2D eigenvalue weighted by Crippen LogP contribution is -2.01. The van der Waals surface area contributed by atoms with Crippen LogP contribution >= 0.6 is 11.3 Å². The summed E-state index contributed by atoms with van der Waals surface area (Å²) in [6, 6.07) is 70.4. The van der Waals surface area contributed by atoms with Crippen molar-refractivity contribution in [3.8, 4) is 78.7 Å². The van der Waals surface area contributed by atoms with E-state index in [4.69, 9.17) is 15.0 Å². The standard InChI is InChI=1S/C51H33N3S/c1-4-15-34(16-5-1)39-31-40(35-17-6-2-7-18-35)33-41(32-39)50-52-49(53-51(54-50)46-23-11-10-21-42(46)36-19-8-3-9-20-36)38-29-27-37(28-30-38)43-24-14-25-45-44-22-12-13-26-47(44)55-48(43)45/h1-33H. The van der Waals surface area contributed by atoms with Crippen LogP contribution in [0.5, 0.6) is 0 Å². The maximum Gasteiger partial charge on any atom is 0.164 e. The Morgan fingerprint density at radius 3 is 1.40 bits per heavy atom. The van der Waals surface area contributed by atoms with Gasteiger partial charge in [-0.15, -0.1) is 11.3 Å². The van der Waals surface area contributed by atoms with Crippen LogP contribution in [0.15, 0.2) is 200 Å². The number of hydrogen-bond donors (Lipinski definition) is 0. The van der Waals surface area contributed by atoms with Crippen molar-refractivity contribution in [1.82, 2.24) is 15.0 Å². The molecule has 0 saturated heterocycles. The van der Waals surface area contributed by atoms with Crippen molar-refractivity contribution < 1.29 is 0 Å². The Labute approximate surface area is 323 Å². The van der Waals surface area contributed by atoms with Gasteiger partial charge in [0.25, 0.3) is 0 Å². The number of aromatic nitrogens is 3. The zero-order chi connectivity index (χ0) is 36.6. The van der Waals surface area contributed by atoms with Gasteiger partial charge in [-0.3, -0.25) is 0 Å². The van der Waals surface area contributed by atoms with Gasteiger partial charge in [0.1, 0.15) is 0 Å². The van der Waals surface area contributed by atoms with Gasteiger partial charge in [-0.1, -0.05) is 176 Å². The number of benzene rings is 8. The van der Waals surface area contributed by atoms with Gasteiger partial charge in [-0.2, -0.15) is 0 Å². The van der Waals surface area contributed by atoms with Crippen LogP contribution < -0.4 is 0 Å². The quantitative estimate of drug-likeness (QED) is 0.165. The average Bonchev–Trinajstić information content (AvgIpc) is 3.66. The van der Waals surface area contributed by atoms with Gasteiger partial charge >= 0.3 is 0 Å². The maximum atomic E-state index is 5.25. The number of hydrogen-bond acceptors (Lipinski definition) is 4. The Morgan fingerprint density at radius 2 is 0.727 bits per heavy atom. The minimum Gasteiger partial charge on any atom is -0.208 e. The molecule has 3 nitrogen and oxygen atoms in total. The van der Waals surface area contributed by atoms with Crippen molar-refractivity contribution in [1.29, 1.82) is 0 Å². The first-order valence-corrected chi connectivity index (χ1v) is 19.3. The predicted molar refractivity (Wildman–Crippen MR) is 231 cm³/mol. The Balaban J connectivity index is 1.15. The third-order valence-corrected chi connectivity index (χ3v) is 11.4. The smallest absolute Gasteiger partial charge is 0.164 e. The van der Waals surface area contributed by atoms with Crippen molar-refractivity contribution in [2.45, 2.75) is 0 Å². The summed E-state index contributed by atoms with van der Waals surface area (Å²) in [5.74, 6) is 1.88. The van der Waals surface area contributed by atoms with Crippen molar-refractivity contribution in [2.75, 3.05) is 0 Å². The molecule has 0 amide bonds. The number of fused-ring (bicyclic) bond motifs is 3. The average molecular weight is 720 g/mol. The van der Waals surface area contributed by atoms with Gasteiger partial charge in [0.2, 0.25) is 0 Å². The van der Waals surface area contributed by atoms with E-state index in [1.54, 1.807) is 0 Å². The van der Waals surface area contributed by atoms with Gasteiger partial charge < -0.3 is 0 Å². The molecule has 0 aliphatic carbocycles. The highest BCUT2D eigenvalue weighted by Crippen LogP contribution is 2.41. The van der Waals surface area contributed by atoms with Crippen LogP contribution in [0.2, 0.25) is 0 Å². The first-order valence-electron chi connectivity index (χ1n) is 18.4. The molecule has 55 heavy (non-hydrogen) atoms. The van der Waals surface area contributed by atoms with Crippen LogP contribution in [0.3, 0.4) is 0 Å². The van der Waals surface area contributed by atoms with Crippen LogP contribution in [-0.4, -0.2) is 15.0 Å². The number of rotatable bonds is 7. The summed E-state index contributed by atoms with van der Waals surface area (Å²) in [5.41, 5.74) is 11.8. The summed E-state index contributed by atoms with van der Waals surface area (Å²) in [7, 11) is 0. The topological polar surface area (TPSA) is 38.7 Å². The highest BCUT2D eigenvalue weighted by Gasteiger charge is 2.18. The zero-order valence-corrected chi connectivity index (χ0v) is 30.6. The summed E-state index contributed by atoms with van der Waals surface area (Å²) < 4.78 is 2.60. The van der Waals surface area contributed by atoms with E-state index in [0.29, 0.717) is 17.5 Å². The van der Waals surface area contributed by atoms with E-state index in [1.165, 1.54) is 25.7 Å². The minimum atomic E-state index is 0.622. The summed E-state index contributed by atoms with van der Waals surface area (Å²) in [5, 5.41) is 2.59. The fourth-order valence-corrected chi connectivity index (χ4v) is 8.66. The molecule has 0 fully saturated rings. The van der Waals surface area contributed by atoms with Crippen molar-refractivity contribution in [3.05, 3.63) is 200 Å². The molecule has 10 aromatic rings. The Morgan fingerprint density at radius 1 is 0.273 bits per heavy atom. The third kappa shape index (κ3) is 6.29. The van der Waals surface area contributed by atoms with E-state index in [-0.39, 0.29) is 0 Å².